The summed E-state index contributed by atoms with van der Waals surface area (Å²) in [5.41, 5.74) is 5.80. The topological polar surface area (TPSA) is 132 Å². The zero-order valence-electron chi connectivity index (χ0n) is 28.0. The molecule has 47 heavy (non-hydrogen) atoms. The van der Waals surface area contributed by atoms with Gasteiger partial charge < -0.3 is 25.2 Å². The SMILES string of the molecule is COc1cc(N2CCC(N3CCN(C)CC3)CC2)c(C)cc1Nc1ncc(C)c(Nc2ccc3nccnc3c2N(C)S(C)(=O)=O)n1. The van der Waals surface area contributed by atoms with Crippen LogP contribution >= 0.6 is 0 Å². The number of anilines is 6. The Kier molecular flexibility index (Phi) is 9.35. The number of aryl methyl sites for hydroxylation is 2. The van der Waals surface area contributed by atoms with Gasteiger partial charge in [-0.25, -0.2) is 13.4 Å². The van der Waals surface area contributed by atoms with Gasteiger partial charge in [0.05, 0.1) is 30.3 Å². The predicted octanol–water partition coefficient (Wildman–Crippen LogP) is 4.14. The first-order chi connectivity index (χ1) is 22.5. The van der Waals surface area contributed by atoms with Crippen molar-refractivity contribution in [3.8, 4) is 5.75 Å². The second kappa shape index (κ2) is 13.5. The second-order valence-electron chi connectivity index (χ2n) is 12.5. The number of likely N-dealkylation sites (N-methyl/N-ethyl adjacent to an activating group) is 1. The predicted molar refractivity (Wildman–Crippen MR) is 188 cm³/mol. The van der Waals surface area contributed by atoms with Crippen molar-refractivity contribution in [1.29, 1.82) is 0 Å². The van der Waals surface area contributed by atoms with Crippen molar-refractivity contribution < 1.29 is 13.2 Å². The summed E-state index contributed by atoms with van der Waals surface area (Å²) in [6.45, 7) is 10.6. The van der Waals surface area contributed by atoms with Gasteiger partial charge in [-0.1, -0.05) is 0 Å². The summed E-state index contributed by atoms with van der Waals surface area (Å²) in [5.74, 6) is 1.59. The van der Waals surface area contributed by atoms with Crippen LogP contribution < -0.4 is 24.6 Å². The molecule has 0 amide bonds. The summed E-state index contributed by atoms with van der Waals surface area (Å²) >= 11 is 0. The minimum absolute atomic E-state index is 0.370. The number of benzene rings is 2. The van der Waals surface area contributed by atoms with Crippen LogP contribution in [0.5, 0.6) is 5.75 Å². The van der Waals surface area contributed by atoms with Gasteiger partial charge in [0.2, 0.25) is 16.0 Å². The highest BCUT2D eigenvalue weighted by atomic mass is 32.2. The van der Waals surface area contributed by atoms with Gasteiger partial charge in [-0.15, -0.1) is 0 Å². The first-order valence-electron chi connectivity index (χ1n) is 15.9. The van der Waals surface area contributed by atoms with Crippen molar-refractivity contribution in [1.82, 2.24) is 29.7 Å². The Morgan fingerprint density at radius 1 is 0.915 bits per heavy atom. The molecule has 0 radical (unpaired) electrons. The fraction of sp³-hybridized carbons (Fsp3) is 0.455. The first kappa shape index (κ1) is 32.7. The highest BCUT2D eigenvalue weighted by Crippen LogP contribution is 2.38. The number of hydrogen-bond acceptors (Lipinski definition) is 12. The lowest BCUT2D eigenvalue weighted by molar-refractivity contribution is 0.0982. The molecule has 2 saturated heterocycles. The molecule has 0 bridgehead atoms. The van der Waals surface area contributed by atoms with E-state index in [1.54, 1.807) is 37.8 Å². The van der Waals surface area contributed by atoms with E-state index in [0.717, 1.165) is 75.2 Å². The number of nitrogens with one attached hydrogen (secondary N) is 2. The summed E-state index contributed by atoms with van der Waals surface area (Å²) < 4.78 is 32.3. The smallest absolute Gasteiger partial charge is 0.232 e. The number of ether oxygens (including phenoxy) is 1. The third-order valence-corrected chi connectivity index (χ3v) is 10.5. The molecular formula is C33H44N10O3S. The molecule has 14 heteroatoms. The molecule has 0 saturated carbocycles. The van der Waals surface area contributed by atoms with Crippen molar-refractivity contribution in [2.24, 2.45) is 0 Å². The maximum absolute atomic E-state index is 12.6. The lowest BCUT2D eigenvalue weighted by Crippen LogP contribution is -2.52. The van der Waals surface area contributed by atoms with Gasteiger partial charge in [-0.3, -0.25) is 19.2 Å². The Labute approximate surface area is 277 Å². The van der Waals surface area contributed by atoms with E-state index in [4.69, 9.17) is 9.72 Å². The van der Waals surface area contributed by atoms with Crippen LogP contribution in [0.4, 0.5) is 34.5 Å². The van der Waals surface area contributed by atoms with Crippen LogP contribution in [-0.4, -0.2) is 111 Å². The van der Waals surface area contributed by atoms with Crippen molar-refractivity contribution in [2.45, 2.75) is 32.7 Å². The Morgan fingerprint density at radius 2 is 1.64 bits per heavy atom. The van der Waals surface area contributed by atoms with Crippen LogP contribution in [0.3, 0.4) is 0 Å². The molecule has 2 aromatic carbocycles. The summed E-state index contributed by atoms with van der Waals surface area (Å²) in [7, 11) is 1.78. The van der Waals surface area contributed by atoms with Gasteiger partial charge in [0.15, 0.2) is 0 Å². The molecule has 0 atom stereocenters. The summed E-state index contributed by atoms with van der Waals surface area (Å²) in [6, 6.07) is 8.41. The van der Waals surface area contributed by atoms with Crippen LogP contribution in [0.1, 0.15) is 24.0 Å². The minimum Gasteiger partial charge on any atom is -0.494 e. The zero-order valence-corrected chi connectivity index (χ0v) is 28.8. The number of rotatable bonds is 9. The van der Waals surface area contributed by atoms with Crippen molar-refractivity contribution in [2.75, 3.05) is 86.6 Å². The van der Waals surface area contributed by atoms with Crippen LogP contribution in [0.25, 0.3) is 11.0 Å². The molecule has 0 unspecified atom stereocenters. The number of fused-ring (bicyclic) bond motifs is 1. The van der Waals surface area contributed by atoms with E-state index in [2.05, 4.69) is 66.4 Å². The van der Waals surface area contributed by atoms with E-state index in [-0.39, 0.29) is 0 Å². The monoisotopic (exact) mass is 660 g/mol. The second-order valence-corrected chi connectivity index (χ2v) is 14.5. The molecular weight excluding hydrogens is 616 g/mol. The van der Waals surface area contributed by atoms with E-state index < -0.39 is 10.0 Å². The highest BCUT2D eigenvalue weighted by molar-refractivity contribution is 7.92. The normalized spacial score (nSPS) is 16.8. The largest absolute Gasteiger partial charge is 0.494 e. The Hall–Kier alpha value is -4.27. The zero-order chi connectivity index (χ0) is 33.3. The van der Waals surface area contributed by atoms with Gasteiger partial charge in [-0.2, -0.15) is 4.98 Å². The van der Waals surface area contributed by atoms with E-state index in [9.17, 15) is 8.42 Å². The number of piperidine rings is 1. The Bertz CT molecular complexity index is 1860. The molecule has 2 aliphatic heterocycles. The minimum atomic E-state index is -3.60. The van der Waals surface area contributed by atoms with Gasteiger partial charge in [-0.05, 0) is 57.5 Å². The highest BCUT2D eigenvalue weighted by Gasteiger charge is 2.28. The quantitative estimate of drug-likeness (QED) is 0.267. The fourth-order valence-electron chi connectivity index (χ4n) is 6.43. The molecule has 4 aromatic rings. The van der Waals surface area contributed by atoms with E-state index in [1.165, 1.54) is 17.0 Å². The first-order valence-corrected chi connectivity index (χ1v) is 17.8. The maximum Gasteiger partial charge on any atom is 0.232 e. The molecule has 2 fully saturated rings. The van der Waals surface area contributed by atoms with Crippen molar-refractivity contribution in [3.05, 3.63) is 54.0 Å². The van der Waals surface area contributed by atoms with Gasteiger partial charge in [0, 0.05) is 88.3 Å². The molecule has 0 spiro atoms. The lowest BCUT2D eigenvalue weighted by atomic mass is 10.0. The van der Waals surface area contributed by atoms with Crippen LogP contribution in [-0.2, 0) is 10.0 Å². The summed E-state index contributed by atoms with van der Waals surface area (Å²) in [4.78, 5) is 25.6. The lowest BCUT2D eigenvalue weighted by Gasteiger charge is -2.43. The van der Waals surface area contributed by atoms with Crippen molar-refractivity contribution in [3.63, 3.8) is 0 Å². The molecule has 2 aliphatic rings. The summed E-state index contributed by atoms with van der Waals surface area (Å²) in [5, 5.41) is 6.67. The number of nitrogens with zero attached hydrogens (tertiary/aromatic N) is 8. The maximum atomic E-state index is 12.6. The Balaban J connectivity index is 1.22. The van der Waals surface area contributed by atoms with Gasteiger partial charge in [0.25, 0.3) is 0 Å². The molecule has 0 aliphatic carbocycles. The number of sulfonamides is 1. The molecule has 13 nitrogen and oxygen atoms in total. The van der Waals surface area contributed by atoms with E-state index >= 15 is 0 Å². The number of methoxy groups -OCH3 is 1. The molecule has 250 valence electrons. The third-order valence-electron chi connectivity index (χ3n) is 9.27. The number of piperazine rings is 1. The third kappa shape index (κ3) is 7.04. The average molecular weight is 661 g/mol. The van der Waals surface area contributed by atoms with Gasteiger partial charge in [0.1, 0.15) is 22.8 Å². The number of hydrogen-bond donors (Lipinski definition) is 2. The van der Waals surface area contributed by atoms with Crippen LogP contribution in [0.15, 0.2) is 42.9 Å². The number of aromatic nitrogens is 4. The molecule has 2 aromatic heterocycles. The average Bonchev–Trinajstić information content (AvgIpc) is 3.06. The van der Waals surface area contributed by atoms with E-state index in [0.29, 0.717) is 46.0 Å². The standard InChI is InChI=1S/C33H44N10O3S/c1-22-19-27(29(46-5)20-28(22)43-13-9-24(10-14-43)42-17-15-40(3)16-18-42)38-33-36-21-23(2)32(39-33)37-26-8-7-25-30(35-12-11-34-25)31(26)41(4)47(6,44)45/h7-8,11-12,19-21,24H,9-10,13-18H2,1-6H3,(H2,36,37,38,39). The van der Waals surface area contributed by atoms with Crippen LogP contribution in [0, 0.1) is 13.8 Å². The van der Waals surface area contributed by atoms with Crippen LogP contribution in [0.2, 0.25) is 0 Å². The Morgan fingerprint density at radius 3 is 2.34 bits per heavy atom. The summed E-state index contributed by atoms with van der Waals surface area (Å²) in [6.07, 6.45) is 8.30. The molecule has 2 N–H and O–H groups in total. The van der Waals surface area contributed by atoms with Gasteiger partial charge >= 0.3 is 0 Å². The molecule has 4 heterocycles. The fourth-order valence-corrected chi connectivity index (χ4v) is 6.94. The molecule has 6 rings (SSSR count). The van der Waals surface area contributed by atoms with E-state index in [1.807, 2.05) is 6.92 Å². The van der Waals surface area contributed by atoms with Crippen molar-refractivity contribution >= 4 is 55.6 Å².